The van der Waals surface area contributed by atoms with Crippen LogP contribution in [0.15, 0.2) is 48.5 Å². The first-order valence-corrected chi connectivity index (χ1v) is 7.18. The van der Waals surface area contributed by atoms with Gasteiger partial charge in [0.25, 0.3) is 0 Å². The molecule has 0 nitrogen and oxygen atoms in total. The van der Waals surface area contributed by atoms with Crippen molar-refractivity contribution in [1.82, 2.24) is 0 Å². The van der Waals surface area contributed by atoms with Crippen LogP contribution < -0.4 is 38.2 Å². The zero-order valence-electron chi connectivity index (χ0n) is 9.37. The van der Waals surface area contributed by atoms with Crippen molar-refractivity contribution in [3.05, 3.63) is 66.8 Å². The van der Waals surface area contributed by atoms with Crippen LogP contribution in [0.2, 0.25) is 0 Å². The third-order valence-corrected chi connectivity index (χ3v) is 4.92. The van der Waals surface area contributed by atoms with Crippen LogP contribution in [0, 0.1) is 21.0 Å². The fourth-order valence-electron chi connectivity index (χ4n) is 1.32. The van der Waals surface area contributed by atoms with Crippen molar-refractivity contribution in [1.29, 1.82) is 0 Å². The minimum Gasteiger partial charge on any atom is -1.00 e. The molecular weight excluding hydrogens is 375 g/mol. The summed E-state index contributed by atoms with van der Waals surface area (Å²) in [5.41, 5.74) is 2.68. The van der Waals surface area contributed by atoms with Gasteiger partial charge in [-0.2, -0.15) is 0 Å². The van der Waals surface area contributed by atoms with Gasteiger partial charge < -0.3 is 17.0 Å². The third kappa shape index (κ3) is 3.91. The molecule has 0 spiro atoms. The monoisotopic (exact) mass is 388 g/mol. The van der Waals surface area contributed by atoms with Crippen molar-refractivity contribution in [3.63, 3.8) is 0 Å². The molecule has 0 radical (unpaired) electrons. The second kappa shape index (κ2) is 6.40. The number of halogens is 2. The Kier molecular flexibility index (Phi) is 5.49. The molecule has 84 valence electrons. The molecule has 2 aromatic carbocycles. The second-order valence-electron chi connectivity index (χ2n) is 3.69. The van der Waals surface area contributed by atoms with E-state index < -0.39 is 0 Å². The van der Waals surface area contributed by atoms with E-state index in [1.807, 2.05) is 0 Å². The summed E-state index contributed by atoms with van der Waals surface area (Å²) in [6.07, 6.45) is 0. The number of hydrogen-bond acceptors (Lipinski definition) is 0. The van der Waals surface area contributed by atoms with E-state index in [1.165, 1.54) is 18.3 Å². The van der Waals surface area contributed by atoms with Crippen molar-refractivity contribution in [2.24, 2.45) is 0 Å². The molecular formula is C14H14BrI. The number of benzene rings is 2. The van der Waals surface area contributed by atoms with E-state index in [0.717, 1.165) is 0 Å². The first-order valence-electron chi connectivity index (χ1n) is 5.02. The smallest absolute Gasteiger partial charge is 0.357 e. The van der Waals surface area contributed by atoms with Crippen LogP contribution in [0.25, 0.3) is 0 Å². The molecule has 0 fully saturated rings. The molecule has 0 unspecified atom stereocenters. The molecule has 0 atom stereocenters. The van der Waals surface area contributed by atoms with Crippen LogP contribution in [0.1, 0.15) is 11.1 Å². The maximum atomic E-state index is 2.25. The highest BCUT2D eigenvalue weighted by atomic mass is 127. The Balaban J connectivity index is 0.00000128. The predicted octanol–water partition coefficient (Wildman–Crippen LogP) is -2.56. The lowest BCUT2D eigenvalue weighted by Crippen LogP contribution is -3.61. The Labute approximate surface area is 118 Å². The molecule has 0 N–H and O–H groups in total. The Hall–Kier alpha value is -0.350. The fourth-order valence-corrected chi connectivity index (χ4v) is 3.48. The van der Waals surface area contributed by atoms with E-state index in [1.54, 1.807) is 0 Å². The third-order valence-electron chi connectivity index (χ3n) is 2.24. The number of aryl methyl sites for hydroxylation is 2. The van der Waals surface area contributed by atoms with Crippen LogP contribution in [-0.4, -0.2) is 0 Å². The molecule has 0 bridgehead atoms. The van der Waals surface area contributed by atoms with Gasteiger partial charge in [-0.25, -0.2) is 0 Å². The summed E-state index contributed by atoms with van der Waals surface area (Å²) >= 11 is 0.00313. The van der Waals surface area contributed by atoms with Crippen molar-refractivity contribution < 1.29 is 38.2 Å². The largest absolute Gasteiger partial charge is 1.00 e. The van der Waals surface area contributed by atoms with E-state index in [4.69, 9.17) is 0 Å². The first kappa shape index (κ1) is 13.7. The highest BCUT2D eigenvalue weighted by molar-refractivity contribution is 5.13. The summed E-state index contributed by atoms with van der Waals surface area (Å²) in [4.78, 5) is 0. The standard InChI is InChI=1S/C14H14I.BrH/c1-11-3-7-13(8-4-11)15-14-9-5-12(2)6-10-14;/h3-10H,1-2H3;1H/q+1;/p-1. The van der Waals surface area contributed by atoms with E-state index in [9.17, 15) is 0 Å². The molecule has 0 aliphatic rings. The topological polar surface area (TPSA) is 0 Å². The number of rotatable bonds is 2. The van der Waals surface area contributed by atoms with Crippen molar-refractivity contribution in [3.8, 4) is 0 Å². The van der Waals surface area contributed by atoms with E-state index in [2.05, 4.69) is 62.4 Å². The van der Waals surface area contributed by atoms with E-state index >= 15 is 0 Å². The van der Waals surface area contributed by atoms with Crippen LogP contribution in [0.4, 0.5) is 0 Å². The Bertz CT molecular complexity index is 388. The van der Waals surface area contributed by atoms with Gasteiger partial charge in [0.1, 0.15) is 0 Å². The SMILES string of the molecule is Cc1ccc([I+]c2ccc(C)cc2)cc1.[Br-]. The maximum Gasteiger partial charge on any atom is 0.357 e. The lowest BCUT2D eigenvalue weighted by atomic mass is 10.2. The van der Waals surface area contributed by atoms with Gasteiger partial charge >= 0.3 is 21.2 Å². The molecule has 2 aromatic rings. The molecule has 0 aliphatic heterocycles. The normalized spacial score (nSPS) is 9.62. The van der Waals surface area contributed by atoms with Crippen molar-refractivity contribution in [2.45, 2.75) is 13.8 Å². The summed E-state index contributed by atoms with van der Waals surface area (Å²) in [7, 11) is 0. The van der Waals surface area contributed by atoms with Crippen molar-refractivity contribution >= 4 is 0 Å². The first-order chi connectivity index (χ1) is 7.24. The molecule has 2 heteroatoms. The van der Waals surface area contributed by atoms with Crippen LogP contribution in [0.5, 0.6) is 0 Å². The van der Waals surface area contributed by atoms with Gasteiger partial charge in [-0.15, -0.1) is 0 Å². The Morgan fingerprint density at radius 2 is 0.938 bits per heavy atom. The van der Waals surface area contributed by atoms with Gasteiger partial charge in [0.05, 0.1) is 0 Å². The van der Waals surface area contributed by atoms with E-state index in [0.29, 0.717) is 0 Å². The summed E-state index contributed by atoms with van der Waals surface area (Å²) in [5.74, 6) is 0. The van der Waals surface area contributed by atoms with Gasteiger partial charge in [0, 0.05) is 0 Å². The minimum absolute atomic E-state index is 0. The summed E-state index contributed by atoms with van der Waals surface area (Å²) in [6.45, 7) is 4.27. The summed E-state index contributed by atoms with van der Waals surface area (Å²) in [6, 6.07) is 17.8. The van der Waals surface area contributed by atoms with Crippen LogP contribution in [-0.2, 0) is 0 Å². The minimum atomic E-state index is 0. The molecule has 0 aliphatic carbocycles. The molecule has 0 heterocycles. The van der Waals surface area contributed by atoms with Crippen molar-refractivity contribution in [2.75, 3.05) is 0 Å². The zero-order chi connectivity index (χ0) is 10.7. The fraction of sp³-hybridized carbons (Fsp3) is 0.143. The van der Waals surface area contributed by atoms with Crippen LogP contribution >= 0.6 is 0 Å². The second-order valence-corrected chi connectivity index (χ2v) is 6.72. The predicted molar refractivity (Wildman–Crippen MR) is 59.8 cm³/mol. The molecule has 0 saturated carbocycles. The lowest BCUT2D eigenvalue weighted by Gasteiger charge is -1.90. The highest BCUT2D eigenvalue weighted by Gasteiger charge is 2.13. The van der Waals surface area contributed by atoms with Gasteiger partial charge in [-0.3, -0.25) is 0 Å². The molecule has 2 rings (SSSR count). The summed E-state index contributed by atoms with van der Waals surface area (Å²) in [5, 5.41) is 0. The lowest BCUT2D eigenvalue weighted by molar-refractivity contribution is -0.597. The molecule has 0 saturated heterocycles. The molecule has 16 heavy (non-hydrogen) atoms. The molecule has 0 amide bonds. The highest BCUT2D eigenvalue weighted by Crippen LogP contribution is 1.95. The van der Waals surface area contributed by atoms with E-state index in [-0.39, 0.29) is 38.2 Å². The molecule has 0 aromatic heterocycles. The zero-order valence-corrected chi connectivity index (χ0v) is 13.1. The number of hydrogen-bond donors (Lipinski definition) is 0. The average molecular weight is 389 g/mol. The quantitative estimate of drug-likeness (QED) is 0.496. The summed E-state index contributed by atoms with van der Waals surface area (Å²) < 4.78 is 2.98. The van der Waals surface area contributed by atoms with Gasteiger partial charge in [-0.05, 0) is 38.1 Å². The van der Waals surface area contributed by atoms with Gasteiger partial charge in [-0.1, -0.05) is 35.4 Å². The van der Waals surface area contributed by atoms with Gasteiger partial charge in [0.15, 0.2) is 7.14 Å². The average Bonchev–Trinajstić information content (AvgIpc) is 2.25. The Morgan fingerprint density at radius 1 is 0.625 bits per heavy atom. The Morgan fingerprint density at radius 3 is 1.25 bits per heavy atom. The maximum absolute atomic E-state index is 2.25. The van der Waals surface area contributed by atoms with Crippen LogP contribution in [0.3, 0.4) is 0 Å². The van der Waals surface area contributed by atoms with Gasteiger partial charge in [0.2, 0.25) is 0 Å².